The fourth-order valence-corrected chi connectivity index (χ4v) is 2.44. The van der Waals surface area contributed by atoms with Crippen molar-refractivity contribution in [1.82, 2.24) is 4.90 Å². The van der Waals surface area contributed by atoms with Crippen LogP contribution in [0.1, 0.15) is 24.8 Å². The number of benzene rings is 1. The van der Waals surface area contributed by atoms with Crippen LogP contribution in [0.5, 0.6) is 0 Å². The zero-order chi connectivity index (χ0) is 12.1. The Balaban J connectivity index is 1.80. The molecule has 0 aromatic heterocycles. The van der Waals surface area contributed by atoms with E-state index in [1.54, 1.807) is 0 Å². The minimum atomic E-state index is -0.367. The Morgan fingerprint density at radius 2 is 1.88 bits per heavy atom. The average molecular weight is 252 g/mol. The number of rotatable bonds is 4. The predicted octanol–water partition coefficient (Wildman–Crippen LogP) is 2.85. The van der Waals surface area contributed by atoms with Crippen molar-refractivity contribution in [3.8, 4) is 0 Å². The second kappa shape index (κ2) is 6.06. The lowest BCUT2D eigenvalue weighted by Crippen LogP contribution is -2.34. The average Bonchev–Trinajstić information content (AvgIpc) is 2.90. The fraction of sp³-hybridized carbons (Fsp3) is 0.500. The number of halogens is 1. The van der Waals surface area contributed by atoms with Gasteiger partial charge in [-0.05, 0) is 31.2 Å². The molecular formula is C14H18ClNO. The van der Waals surface area contributed by atoms with Crippen molar-refractivity contribution in [3.63, 3.8) is 0 Å². The number of likely N-dealkylation sites (tertiary alicyclic amines) is 1. The van der Waals surface area contributed by atoms with Crippen molar-refractivity contribution < 1.29 is 4.79 Å². The molecule has 1 saturated heterocycles. The summed E-state index contributed by atoms with van der Waals surface area (Å²) in [5.41, 5.74) is 1.24. The molecular weight excluding hydrogens is 234 g/mol. The van der Waals surface area contributed by atoms with Gasteiger partial charge >= 0.3 is 0 Å². The van der Waals surface area contributed by atoms with Crippen LogP contribution in [0.15, 0.2) is 30.3 Å². The lowest BCUT2D eigenvalue weighted by atomic mass is 10.1. The Kier molecular flexibility index (Phi) is 4.43. The van der Waals surface area contributed by atoms with Gasteiger partial charge in [-0.1, -0.05) is 30.3 Å². The third kappa shape index (κ3) is 3.47. The first-order valence-corrected chi connectivity index (χ1v) is 6.68. The summed E-state index contributed by atoms with van der Waals surface area (Å²) in [5.74, 6) is 0.111. The molecule has 1 heterocycles. The van der Waals surface area contributed by atoms with Crippen molar-refractivity contribution in [2.45, 2.75) is 31.1 Å². The van der Waals surface area contributed by atoms with E-state index >= 15 is 0 Å². The maximum absolute atomic E-state index is 12.0. The molecule has 1 aromatic carbocycles. The van der Waals surface area contributed by atoms with E-state index in [0.717, 1.165) is 38.8 Å². The number of hydrogen-bond donors (Lipinski definition) is 0. The van der Waals surface area contributed by atoms with E-state index < -0.39 is 0 Å². The van der Waals surface area contributed by atoms with Crippen molar-refractivity contribution >= 4 is 17.5 Å². The molecule has 1 atom stereocenters. The first-order chi connectivity index (χ1) is 8.27. The van der Waals surface area contributed by atoms with Gasteiger partial charge in [0.15, 0.2) is 0 Å². The molecule has 0 N–H and O–H groups in total. The highest BCUT2D eigenvalue weighted by molar-refractivity contribution is 6.30. The molecule has 0 bridgehead atoms. The Labute approximate surface area is 108 Å². The standard InChI is InChI=1S/C14H18ClNO/c15-13(14(17)16-10-4-5-11-16)9-8-12-6-2-1-3-7-12/h1-3,6-7,13H,4-5,8-11H2. The number of carbonyl (C=O) groups is 1. The molecule has 3 heteroatoms. The van der Waals surface area contributed by atoms with Crippen LogP contribution in [0.25, 0.3) is 0 Å². The third-order valence-corrected chi connectivity index (χ3v) is 3.62. The van der Waals surface area contributed by atoms with Crippen molar-refractivity contribution in [3.05, 3.63) is 35.9 Å². The van der Waals surface area contributed by atoms with Crippen LogP contribution in [-0.2, 0) is 11.2 Å². The van der Waals surface area contributed by atoms with Crippen LogP contribution in [0.4, 0.5) is 0 Å². The fourth-order valence-electron chi connectivity index (χ4n) is 2.20. The molecule has 17 heavy (non-hydrogen) atoms. The summed E-state index contributed by atoms with van der Waals surface area (Å²) in [6.07, 6.45) is 3.83. The molecule has 1 unspecified atom stereocenters. The Morgan fingerprint density at radius 1 is 1.24 bits per heavy atom. The van der Waals surface area contributed by atoms with Crippen molar-refractivity contribution in [1.29, 1.82) is 0 Å². The van der Waals surface area contributed by atoms with Gasteiger partial charge in [0.2, 0.25) is 5.91 Å². The SMILES string of the molecule is O=C(C(Cl)CCc1ccccc1)N1CCCC1. The lowest BCUT2D eigenvalue weighted by molar-refractivity contribution is -0.129. The first-order valence-electron chi connectivity index (χ1n) is 6.24. The van der Waals surface area contributed by atoms with Crippen molar-refractivity contribution in [2.24, 2.45) is 0 Å². The minimum Gasteiger partial charge on any atom is -0.341 e. The molecule has 1 aliphatic rings. The van der Waals surface area contributed by atoms with Gasteiger partial charge in [0.05, 0.1) is 0 Å². The number of amides is 1. The van der Waals surface area contributed by atoms with E-state index in [1.165, 1.54) is 5.56 Å². The molecule has 2 rings (SSSR count). The van der Waals surface area contributed by atoms with E-state index in [4.69, 9.17) is 11.6 Å². The minimum absolute atomic E-state index is 0.111. The molecule has 0 radical (unpaired) electrons. The predicted molar refractivity (Wildman–Crippen MR) is 70.2 cm³/mol. The van der Waals surface area contributed by atoms with Gasteiger partial charge in [-0.25, -0.2) is 0 Å². The van der Waals surface area contributed by atoms with E-state index in [2.05, 4.69) is 12.1 Å². The highest BCUT2D eigenvalue weighted by atomic mass is 35.5. The van der Waals surface area contributed by atoms with E-state index in [9.17, 15) is 4.79 Å². The molecule has 1 fully saturated rings. The van der Waals surface area contributed by atoms with Gasteiger partial charge in [0.1, 0.15) is 5.38 Å². The van der Waals surface area contributed by atoms with Crippen LogP contribution in [0, 0.1) is 0 Å². The Bertz CT molecular complexity index is 360. The topological polar surface area (TPSA) is 20.3 Å². The highest BCUT2D eigenvalue weighted by Crippen LogP contribution is 2.15. The number of alkyl halides is 1. The Hall–Kier alpha value is -1.02. The summed E-state index contributed by atoms with van der Waals surface area (Å²) in [6.45, 7) is 1.76. The molecule has 1 amide bonds. The van der Waals surface area contributed by atoms with Crippen LogP contribution in [-0.4, -0.2) is 29.3 Å². The number of hydrogen-bond acceptors (Lipinski definition) is 1. The van der Waals surface area contributed by atoms with E-state index in [1.807, 2.05) is 23.1 Å². The second-order valence-corrected chi connectivity index (χ2v) is 5.05. The second-order valence-electron chi connectivity index (χ2n) is 4.52. The maximum Gasteiger partial charge on any atom is 0.240 e. The van der Waals surface area contributed by atoms with Crippen LogP contribution in [0.2, 0.25) is 0 Å². The number of carbonyl (C=O) groups excluding carboxylic acids is 1. The molecule has 0 spiro atoms. The molecule has 0 aliphatic carbocycles. The highest BCUT2D eigenvalue weighted by Gasteiger charge is 2.24. The molecule has 1 aromatic rings. The van der Waals surface area contributed by atoms with Crippen molar-refractivity contribution in [2.75, 3.05) is 13.1 Å². The van der Waals surface area contributed by atoms with E-state index in [0.29, 0.717) is 0 Å². The maximum atomic E-state index is 12.0. The normalized spacial score (nSPS) is 17.1. The Morgan fingerprint density at radius 3 is 2.53 bits per heavy atom. The van der Waals surface area contributed by atoms with Crippen LogP contribution >= 0.6 is 11.6 Å². The zero-order valence-electron chi connectivity index (χ0n) is 9.94. The molecule has 2 nitrogen and oxygen atoms in total. The quantitative estimate of drug-likeness (QED) is 0.754. The first kappa shape index (κ1) is 12.4. The van der Waals surface area contributed by atoms with Gasteiger partial charge < -0.3 is 4.90 Å². The summed E-state index contributed by atoms with van der Waals surface area (Å²) in [6, 6.07) is 10.2. The smallest absolute Gasteiger partial charge is 0.240 e. The molecule has 1 aliphatic heterocycles. The zero-order valence-corrected chi connectivity index (χ0v) is 10.7. The number of aryl methyl sites for hydroxylation is 1. The summed E-state index contributed by atoms with van der Waals surface area (Å²) in [7, 11) is 0. The van der Waals surface area contributed by atoms with Crippen LogP contribution < -0.4 is 0 Å². The third-order valence-electron chi connectivity index (χ3n) is 3.21. The van der Waals surface area contributed by atoms with Gasteiger partial charge in [0.25, 0.3) is 0 Å². The lowest BCUT2D eigenvalue weighted by Gasteiger charge is -2.18. The summed E-state index contributed by atoms with van der Waals surface area (Å²) < 4.78 is 0. The molecule has 0 saturated carbocycles. The molecule has 92 valence electrons. The summed E-state index contributed by atoms with van der Waals surface area (Å²) in [4.78, 5) is 13.9. The summed E-state index contributed by atoms with van der Waals surface area (Å²) in [5, 5.41) is -0.367. The van der Waals surface area contributed by atoms with Gasteiger partial charge in [0, 0.05) is 13.1 Å². The summed E-state index contributed by atoms with van der Waals surface area (Å²) >= 11 is 6.17. The van der Waals surface area contributed by atoms with Crippen LogP contribution in [0.3, 0.4) is 0 Å². The number of nitrogens with zero attached hydrogens (tertiary/aromatic N) is 1. The van der Waals surface area contributed by atoms with Gasteiger partial charge in [-0.3, -0.25) is 4.79 Å². The van der Waals surface area contributed by atoms with Gasteiger partial charge in [-0.15, -0.1) is 11.6 Å². The largest absolute Gasteiger partial charge is 0.341 e. The van der Waals surface area contributed by atoms with Gasteiger partial charge in [-0.2, -0.15) is 0 Å². The monoisotopic (exact) mass is 251 g/mol. The van der Waals surface area contributed by atoms with E-state index in [-0.39, 0.29) is 11.3 Å².